The summed E-state index contributed by atoms with van der Waals surface area (Å²) >= 11 is 0. The molecular formula is C27H30F6N2O2. The topological polar surface area (TPSA) is 58.2 Å². The van der Waals surface area contributed by atoms with Crippen molar-refractivity contribution in [2.45, 2.75) is 70.8 Å². The molecule has 0 radical (unpaired) electrons. The zero-order valence-corrected chi connectivity index (χ0v) is 20.6. The molecule has 7 atom stereocenters. The van der Waals surface area contributed by atoms with Crippen molar-refractivity contribution in [3.05, 3.63) is 41.5 Å². The Kier molecular flexibility index (Phi) is 5.99. The smallest absolute Gasteiger partial charge is 0.349 e. The van der Waals surface area contributed by atoms with E-state index < -0.39 is 46.4 Å². The molecule has 1 aromatic carbocycles. The first-order valence-electron chi connectivity index (χ1n) is 12.7. The molecular weight excluding hydrogens is 498 g/mol. The maximum atomic E-state index is 13.6. The van der Waals surface area contributed by atoms with Crippen molar-refractivity contribution in [2.75, 3.05) is 5.32 Å². The second-order valence-electron chi connectivity index (χ2n) is 11.6. The molecule has 202 valence electrons. The number of nitrogens with one attached hydrogen (secondary N) is 2. The number of hydrogen-bond acceptors (Lipinski definition) is 2. The molecule has 5 unspecified atom stereocenters. The first-order chi connectivity index (χ1) is 17.1. The largest absolute Gasteiger partial charge is 0.418 e. The zero-order chi connectivity index (χ0) is 27.0. The second kappa shape index (κ2) is 8.50. The molecule has 1 aliphatic heterocycles. The van der Waals surface area contributed by atoms with E-state index in [1.54, 1.807) is 6.08 Å². The summed E-state index contributed by atoms with van der Waals surface area (Å²) < 4.78 is 80.4. The Balaban J connectivity index is 1.40. The van der Waals surface area contributed by atoms with Crippen LogP contribution in [0.25, 0.3) is 0 Å². The van der Waals surface area contributed by atoms with Gasteiger partial charge in [0.1, 0.15) is 0 Å². The zero-order valence-electron chi connectivity index (χ0n) is 20.6. The molecule has 0 spiro atoms. The lowest BCUT2D eigenvalue weighted by Crippen LogP contribution is -2.59. The molecule has 2 N–H and O–H groups in total. The Morgan fingerprint density at radius 1 is 0.973 bits per heavy atom. The Morgan fingerprint density at radius 3 is 2.38 bits per heavy atom. The number of hydrogen-bond donors (Lipinski definition) is 2. The van der Waals surface area contributed by atoms with E-state index in [4.69, 9.17) is 0 Å². The maximum absolute atomic E-state index is 13.6. The average molecular weight is 529 g/mol. The first kappa shape index (κ1) is 26.1. The highest BCUT2D eigenvalue weighted by Gasteiger charge is 2.61. The Labute approximate surface area is 211 Å². The summed E-state index contributed by atoms with van der Waals surface area (Å²) in [6.45, 7) is 4.17. The predicted octanol–water partition coefficient (Wildman–Crippen LogP) is 6.58. The molecule has 1 aromatic rings. The maximum Gasteiger partial charge on any atom is 0.418 e. The number of carbonyl (C=O) groups is 2. The Bertz CT molecular complexity index is 1140. The number of halogens is 6. The number of carbonyl (C=O) groups excluding carboxylic acids is 2. The van der Waals surface area contributed by atoms with Gasteiger partial charge in [-0.3, -0.25) is 9.59 Å². The minimum Gasteiger partial charge on any atom is -0.349 e. The van der Waals surface area contributed by atoms with Crippen LogP contribution < -0.4 is 10.6 Å². The number of fused-ring (bicyclic) bond motifs is 5. The fraction of sp³-hybridized carbons (Fsp3) is 0.630. The van der Waals surface area contributed by atoms with Gasteiger partial charge in [-0.2, -0.15) is 26.3 Å². The molecule has 0 saturated heterocycles. The van der Waals surface area contributed by atoms with Crippen molar-refractivity contribution in [1.82, 2.24) is 5.32 Å². The third-order valence-corrected chi connectivity index (χ3v) is 9.91. The molecule has 1 heterocycles. The van der Waals surface area contributed by atoms with Crippen molar-refractivity contribution < 1.29 is 35.9 Å². The van der Waals surface area contributed by atoms with Crippen molar-refractivity contribution in [3.63, 3.8) is 0 Å². The van der Waals surface area contributed by atoms with Gasteiger partial charge in [0.25, 0.3) is 0 Å². The van der Waals surface area contributed by atoms with Gasteiger partial charge in [-0.25, -0.2) is 0 Å². The summed E-state index contributed by atoms with van der Waals surface area (Å²) in [5.74, 6) is -0.555. The van der Waals surface area contributed by atoms with Crippen LogP contribution in [-0.4, -0.2) is 17.9 Å². The fourth-order valence-corrected chi connectivity index (χ4v) is 8.06. The van der Waals surface area contributed by atoms with Crippen LogP contribution in [0.5, 0.6) is 0 Å². The highest BCUT2D eigenvalue weighted by Crippen LogP contribution is 2.65. The van der Waals surface area contributed by atoms with Crippen LogP contribution in [0.4, 0.5) is 32.0 Å². The van der Waals surface area contributed by atoms with E-state index in [2.05, 4.69) is 17.6 Å². The van der Waals surface area contributed by atoms with E-state index in [0.717, 1.165) is 25.7 Å². The molecule has 2 amide bonds. The second-order valence-corrected chi connectivity index (χ2v) is 11.6. The third-order valence-electron chi connectivity index (χ3n) is 9.91. The van der Waals surface area contributed by atoms with E-state index >= 15 is 0 Å². The van der Waals surface area contributed by atoms with Gasteiger partial charge in [-0.1, -0.05) is 19.9 Å². The average Bonchev–Trinajstić information content (AvgIpc) is 3.15. The van der Waals surface area contributed by atoms with Crippen molar-refractivity contribution >= 4 is 17.5 Å². The van der Waals surface area contributed by atoms with Gasteiger partial charge in [-0.05, 0) is 86.0 Å². The van der Waals surface area contributed by atoms with E-state index in [-0.39, 0.29) is 23.3 Å². The van der Waals surface area contributed by atoms with Crippen LogP contribution in [0.2, 0.25) is 0 Å². The van der Waals surface area contributed by atoms with E-state index in [1.807, 2.05) is 13.0 Å². The lowest BCUT2D eigenvalue weighted by molar-refractivity contribution is -0.141. The van der Waals surface area contributed by atoms with Gasteiger partial charge < -0.3 is 10.6 Å². The number of rotatable bonds is 2. The number of amides is 2. The first-order valence-corrected chi connectivity index (χ1v) is 12.7. The van der Waals surface area contributed by atoms with E-state index in [9.17, 15) is 35.9 Å². The van der Waals surface area contributed by atoms with E-state index in [1.165, 1.54) is 0 Å². The van der Waals surface area contributed by atoms with Crippen LogP contribution in [0.1, 0.15) is 63.5 Å². The summed E-state index contributed by atoms with van der Waals surface area (Å²) in [6, 6.07) is 1.18. The van der Waals surface area contributed by atoms with Crippen LogP contribution in [0, 0.1) is 34.5 Å². The van der Waals surface area contributed by atoms with E-state index in [0.29, 0.717) is 42.9 Å². The van der Waals surface area contributed by atoms with Crippen LogP contribution in [0.3, 0.4) is 0 Å². The Hall–Kier alpha value is -2.52. The minimum absolute atomic E-state index is 0.0535. The molecule has 0 bridgehead atoms. The van der Waals surface area contributed by atoms with Gasteiger partial charge in [0.15, 0.2) is 0 Å². The van der Waals surface area contributed by atoms with Crippen LogP contribution in [-0.2, 0) is 21.9 Å². The molecule has 5 rings (SSSR count). The van der Waals surface area contributed by atoms with Crippen molar-refractivity contribution in [2.24, 2.45) is 34.5 Å². The SMILES string of the molecule is CC12CCC3[C@@H](CC[C@H]4NC(=O)C=CC34C)C1CCC2C(=O)Nc1cc(C(F)(F)F)ccc1C(F)(F)F. The lowest BCUT2D eigenvalue weighted by Gasteiger charge is -2.58. The molecule has 4 aliphatic rings. The number of benzene rings is 1. The summed E-state index contributed by atoms with van der Waals surface area (Å²) in [5.41, 5.74) is -4.06. The van der Waals surface area contributed by atoms with Crippen molar-refractivity contribution in [1.29, 1.82) is 0 Å². The molecule has 4 nitrogen and oxygen atoms in total. The van der Waals surface area contributed by atoms with Gasteiger partial charge in [0.05, 0.1) is 16.8 Å². The fourth-order valence-electron chi connectivity index (χ4n) is 8.06. The molecule has 3 saturated carbocycles. The molecule has 37 heavy (non-hydrogen) atoms. The van der Waals surface area contributed by atoms with Gasteiger partial charge in [-0.15, -0.1) is 0 Å². The normalized spacial score (nSPS) is 37.3. The highest BCUT2D eigenvalue weighted by molar-refractivity contribution is 5.94. The summed E-state index contributed by atoms with van der Waals surface area (Å²) in [7, 11) is 0. The Morgan fingerprint density at radius 2 is 1.70 bits per heavy atom. The van der Waals surface area contributed by atoms with Crippen molar-refractivity contribution in [3.8, 4) is 0 Å². The predicted molar refractivity (Wildman–Crippen MR) is 124 cm³/mol. The lowest BCUT2D eigenvalue weighted by atomic mass is 9.48. The summed E-state index contributed by atoms with van der Waals surface area (Å²) in [6.07, 6.45) is -1.73. The minimum atomic E-state index is -4.91. The van der Waals surface area contributed by atoms with Gasteiger partial charge >= 0.3 is 12.4 Å². The van der Waals surface area contributed by atoms with Gasteiger partial charge in [0.2, 0.25) is 11.8 Å². The molecule has 3 aliphatic carbocycles. The number of anilines is 1. The number of alkyl halides is 6. The van der Waals surface area contributed by atoms with Crippen LogP contribution in [0.15, 0.2) is 30.4 Å². The summed E-state index contributed by atoms with van der Waals surface area (Å²) in [4.78, 5) is 25.3. The highest BCUT2D eigenvalue weighted by atomic mass is 19.4. The monoisotopic (exact) mass is 528 g/mol. The third kappa shape index (κ3) is 4.24. The summed E-state index contributed by atoms with van der Waals surface area (Å²) in [5, 5.41) is 5.33. The van der Waals surface area contributed by atoms with Crippen LogP contribution >= 0.6 is 0 Å². The quantitative estimate of drug-likeness (QED) is 0.427. The molecule has 0 aromatic heterocycles. The molecule has 3 fully saturated rings. The molecule has 10 heteroatoms. The van der Waals surface area contributed by atoms with Gasteiger partial charge in [0, 0.05) is 17.4 Å². The standard InChI is InChI=1S/C27H30F6N2O2/c1-24-11-9-17-15(4-8-21-25(17,2)12-10-22(36)35-21)16(24)6-7-19(24)23(37)34-20-13-14(26(28,29)30)3-5-18(20)27(31,32)33/h3,5,10,12-13,15-17,19,21H,4,6-9,11H2,1-2H3,(H,34,37)(H,35,36)/t15-,16?,17?,19?,21+,24?,25?/m0/s1.